The molecule has 2 aromatic rings. The summed E-state index contributed by atoms with van der Waals surface area (Å²) in [5.74, 6) is 1.08. The van der Waals surface area contributed by atoms with Gasteiger partial charge in [-0.1, -0.05) is 0 Å². The Morgan fingerprint density at radius 3 is 2.74 bits per heavy atom. The van der Waals surface area contributed by atoms with Crippen LogP contribution in [-0.2, 0) is 11.3 Å². The molecule has 0 saturated heterocycles. The van der Waals surface area contributed by atoms with E-state index in [9.17, 15) is 4.79 Å². The molecule has 7 nitrogen and oxygen atoms in total. The molecule has 1 N–H and O–H groups in total. The average Bonchev–Trinajstić information content (AvgIpc) is 2.84. The number of ether oxygens (including phenoxy) is 1. The van der Waals surface area contributed by atoms with E-state index >= 15 is 0 Å². The van der Waals surface area contributed by atoms with Crippen LogP contribution in [0.25, 0.3) is 11.4 Å². The SMILES string of the molecule is CC(=O)Cn1nnc(-c2ccc(OCCO)cc2)n1. The Kier molecular flexibility index (Phi) is 4.19. The van der Waals surface area contributed by atoms with Crippen molar-refractivity contribution in [2.75, 3.05) is 13.2 Å². The highest BCUT2D eigenvalue weighted by atomic mass is 16.5. The number of benzene rings is 1. The highest BCUT2D eigenvalue weighted by Gasteiger charge is 2.07. The number of Topliss-reactive ketones (excluding diaryl/α,β-unsaturated/α-hetero) is 1. The lowest BCUT2D eigenvalue weighted by Crippen LogP contribution is -2.09. The van der Waals surface area contributed by atoms with Gasteiger partial charge in [0.1, 0.15) is 18.9 Å². The molecule has 100 valence electrons. The first-order chi connectivity index (χ1) is 9.19. The second kappa shape index (κ2) is 6.05. The minimum absolute atomic E-state index is 0.0251. The van der Waals surface area contributed by atoms with Crippen molar-refractivity contribution in [3.8, 4) is 17.1 Å². The van der Waals surface area contributed by atoms with Crippen molar-refractivity contribution < 1.29 is 14.6 Å². The Balaban J connectivity index is 2.09. The number of aromatic nitrogens is 4. The molecule has 0 aliphatic heterocycles. The van der Waals surface area contributed by atoms with Gasteiger partial charge in [-0.15, -0.1) is 10.2 Å². The average molecular weight is 262 g/mol. The number of aliphatic hydroxyl groups excluding tert-OH is 1. The number of nitrogens with zero attached hydrogens (tertiary/aromatic N) is 4. The summed E-state index contributed by atoms with van der Waals surface area (Å²) in [5, 5.41) is 20.4. The van der Waals surface area contributed by atoms with E-state index in [4.69, 9.17) is 9.84 Å². The van der Waals surface area contributed by atoms with Crippen LogP contribution in [0.2, 0.25) is 0 Å². The number of ketones is 1. The van der Waals surface area contributed by atoms with E-state index in [0.717, 1.165) is 5.56 Å². The largest absolute Gasteiger partial charge is 0.491 e. The van der Waals surface area contributed by atoms with E-state index in [2.05, 4.69) is 15.4 Å². The lowest BCUT2D eigenvalue weighted by molar-refractivity contribution is -0.117. The molecule has 0 unspecified atom stereocenters. The third-order valence-corrected chi connectivity index (χ3v) is 2.29. The van der Waals surface area contributed by atoms with Gasteiger partial charge in [0.05, 0.1) is 6.61 Å². The van der Waals surface area contributed by atoms with Crippen molar-refractivity contribution >= 4 is 5.78 Å². The zero-order chi connectivity index (χ0) is 13.7. The van der Waals surface area contributed by atoms with E-state index in [1.54, 1.807) is 24.3 Å². The van der Waals surface area contributed by atoms with E-state index in [1.165, 1.54) is 11.7 Å². The Labute approximate surface area is 109 Å². The van der Waals surface area contributed by atoms with E-state index < -0.39 is 0 Å². The summed E-state index contributed by atoms with van der Waals surface area (Å²) in [5.41, 5.74) is 0.783. The van der Waals surface area contributed by atoms with Crippen LogP contribution in [0.1, 0.15) is 6.92 Å². The summed E-state index contributed by atoms with van der Waals surface area (Å²) in [6.45, 7) is 1.82. The highest BCUT2D eigenvalue weighted by Crippen LogP contribution is 2.18. The molecule has 1 heterocycles. The number of carbonyl (C=O) groups excluding carboxylic acids is 1. The van der Waals surface area contributed by atoms with E-state index in [1.807, 2.05) is 0 Å². The van der Waals surface area contributed by atoms with Crippen molar-refractivity contribution in [3.63, 3.8) is 0 Å². The first kappa shape index (κ1) is 13.2. The predicted molar refractivity (Wildman–Crippen MR) is 66.5 cm³/mol. The molecule has 2 rings (SSSR count). The molecule has 0 bridgehead atoms. The van der Waals surface area contributed by atoms with Crippen LogP contribution in [0.15, 0.2) is 24.3 Å². The fraction of sp³-hybridized carbons (Fsp3) is 0.333. The molecule has 1 aromatic heterocycles. The van der Waals surface area contributed by atoms with Crippen molar-refractivity contribution in [3.05, 3.63) is 24.3 Å². The maximum atomic E-state index is 10.9. The van der Waals surface area contributed by atoms with Gasteiger partial charge in [-0.25, -0.2) is 0 Å². The lowest BCUT2D eigenvalue weighted by atomic mass is 10.2. The number of hydrogen-bond donors (Lipinski definition) is 1. The summed E-state index contributed by atoms with van der Waals surface area (Å²) >= 11 is 0. The molecule has 0 radical (unpaired) electrons. The van der Waals surface area contributed by atoms with Crippen LogP contribution in [0.3, 0.4) is 0 Å². The molecule has 19 heavy (non-hydrogen) atoms. The van der Waals surface area contributed by atoms with Crippen LogP contribution in [-0.4, -0.2) is 44.3 Å². The van der Waals surface area contributed by atoms with Gasteiger partial charge < -0.3 is 9.84 Å². The zero-order valence-corrected chi connectivity index (χ0v) is 10.5. The molecule has 0 amide bonds. The predicted octanol–water partition coefficient (Wildman–Crippen LogP) is 0.300. The maximum absolute atomic E-state index is 10.9. The second-order valence-corrected chi connectivity index (χ2v) is 3.94. The van der Waals surface area contributed by atoms with Crippen LogP contribution in [0.5, 0.6) is 5.75 Å². The van der Waals surface area contributed by atoms with Gasteiger partial charge in [-0.3, -0.25) is 4.79 Å². The smallest absolute Gasteiger partial charge is 0.204 e. The standard InChI is InChI=1S/C12H14N4O3/c1-9(18)8-16-14-12(13-15-16)10-2-4-11(5-3-10)19-7-6-17/h2-5,17H,6-8H2,1H3. The normalized spacial score (nSPS) is 10.4. The first-order valence-electron chi connectivity index (χ1n) is 5.80. The van der Waals surface area contributed by atoms with Crippen LogP contribution in [0, 0.1) is 0 Å². The van der Waals surface area contributed by atoms with Crippen molar-refractivity contribution in [1.82, 2.24) is 20.2 Å². The number of carbonyl (C=O) groups is 1. The second-order valence-electron chi connectivity index (χ2n) is 3.94. The molecule has 0 aliphatic rings. The molecule has 0 fully saturated rings. The molecule has 7 heteroatoms. The third kappa shape index (κ3) is 3.59. The highest BCUT2D eigenvalue weighted by molar-refractivity contribution is 5.75. The summed E-state index contributed by atoms with van der Waals surface area (Å²) in [6, 6.07) is 7.11. The fourth-order valence-electron chi connectivity index (χ4n) is 1.49. The molecule has 0 aliphatic carbocycles. The third-order valence-electron chi connectivity index (χ3n) is 2.29. The summed E-state index contributed by atoms with van der Waals surface area (Å²) in [4.78, 5) is 12.2. The van der Waals surface area contributed by atoms with Gasteiger partial charge in [-0.05, 0) is 36.4 Å². The molecule has 1 aromatic carbocycles. The van der Waals surface area contributed by atoms with Gasteiger partial charge in [0.2, 0.25) is 5.82 Å². The molecule has 0 saturated carbocycles. The van der Waals surface area contributed by atoms with Gasteiger partial charge in [0, 0.05) is 5.56 Å². The number of hydrogen-bond acceptors (Lipinski definition) is 6. The van der Waals surface area contributed by atoms with Gasteiger partial charge in [0.25, 0.3) is 0 Å². The topological polar surface area (TPSA) is 90.1 Å². The monoisotopic (exact) mass is 262 g/mol. The molecular formula is C12H14N4O3. The molecule has 0 atom stereocenters. The Bertz CT molecular complexity index is 550. The van der Waals surface area contributed by atoms with E-state index in [0.29, 0.717) is 11.6 Å². The lowest BCUT2D eigenvalue weighted by Gasteiger charge is -2.03. The van der Waals surface area contributed by atoms with Crippen LogP contribution < -0.4 is 4.74 Å². The molecular weight excluding hydrogens is 248 g/mol. The quantitative estimate of drug-likeness (QED) is 0.805. The van der Waals surface area contributed by atoms with E-state index in [-0.39, 0.29) is 25.5 Å². The first-order valence-corrected chi connectivity index (χ1v) is 5.80. The molecule has 0 spiro atoms. The zero-order valence-electron chi connectivity index (χ0n) is 10.5. The number of aliphatic hydroxyl groups is 1. The minimum atomic E-state index is -0.0308. The fourth-order valence-corrected chi connectivity index (χ4v) is 1.49. The van der Waals surface area contributed by atoms with Gasteiger partial charge in [-0.2, -0.15) is 4.80 Å². The van der Waals surface area contributed by atoms with Gasteiger partial charge >= 0.3 is 0 Å². The van der Waals surface area contributed by atoms with Crippen molar-refractivity contribution in [2.24, 2.45) is 0 Å². The van der Waals surface area contributed by atoms with Crippen LogP contribution in [0.4, 0.5) is 0 Å². The van der Waals surface area contributed by atoms with Crippen molar-refractivity contribution in [1.29, 1.82) is 0 Å². The van der Waals surface area contributed by atoms with Gasteiger partial charge in [0.15, 0.2) is 5.78 Å². The summed E-state index contributed by atoms with van der Waals surface area (Å²) < 4.78 is 5.25. The Morgan fingerprint density at radius 1 is 1.37 bits per heavy atom. The van der Waals surface area contributed by atoms with Crippen molar-refractivity contribution in [2.45, 2.75) is 13.5 Å². The Hall–Kier alpha value is -2.28. The number of tetrazole rings is 1. The van der Waals surface area contributed by atoms with Crippen LogP contribution >= 0.6 is 0 Å². The maximum Gasteiger partial charge on any atom is 0.204 e. The Morgan fingerprint density at radius 2 is 2.11 bits per heavy atom. The summed E-state index contributed by atoms with van der Waals surface area (Å²) in [7, 11) is 0. The summed E-state index contributed by atoms with van der Waals surface area (Å²) in [6.07, 6.45) is 0. The number of rotatable bonds is 6. The minimum Gasteiger partial charge on any atom is -0.491 e.